The lowest BCUT2D eigenvalue weighted by Crippen LogP contribution is -2.49. The summed E-state index contributed by atoms with van der Waals surface area (Å²) in [7, 11) is 0. The number of piperidine rings is 1. The van der Waals surface area contributed by atoms with Gasteiger partial charge in [0, 0.05) is 18.0 Å². The quantitative estimate of drug-likeness (QED) is 0.507. The van der Waals surface area contributed by atoms with Crippen molar-refractivity contribution < 1.29 is 4.74 Å². The zero-order chi connectivity index (χ0) is 21.5. The van der Waals surface area contributed by atoms with Gasteiger partial charge in [0.05, 0.1) is 11.7 Å². The van der Waals surface area contributed by atoms with Crippen LogP contribution in [0.3, 0.4) is 0 Å². The Bertz CT molecular complexity index is 762. The number of hydrogen-bond acceptors (Lipinski definition) is 3. The molecule has 174 valence electrons. The summed E-state index contributed by atoms with van der Waals surface area (Å²) in [6, 6.07) is 1.03. The zero-order valence-electron chi connectivity index (χ0n) is 20.5. The summed E-state index contributed by atoms with van der Waals surface area (Å²) < 4.78 is 7.04. The highest BCUT2D eigenvalue weighted by Gasteiger charge is 2.59. The Kier molecular flexibility index (Phi) is 4.99. The smallest absolute Gasteiger partial charge is 0.0765 e. The molecule has 3 nitrogen and oxygen atoms in total. The maximum atomic E-state index is 7.04. The number of fused-ring (bicyclic) bond motifs is 6. The molecule has 2 heterocycles. The summed E-state index contributed by atoms with van der Waals surface area (Å²) in [5, 5.41) is 3.87. The van der Waals surface area contributed by atoms with Crippen LogP contribution in [0.4, 0.5) is 0 Å². The van der Waals surface area contributed by atoms with Crippen molar-refractivity contribution in [3.05, 3.63) is 11.1 Å². The highest BCUT2D eigenvalue weighted by Crippen LogP contribution is 2.65. The Hall–Kier alpha value is -0.380. The molecule has 4 aliphatic carbocycles. The number of rotatable bonds is 0. The highest BCUT2D eigenvalue weighted by atomic mass is 16.5. The van der Waals surface area contributed by atoms with Crippen molar-refractivity contribution in [1.82, 2.24) is 5.32 Å². The third-order valence-corrected chi connectivity index (χ3v) is 11.7. The molecule has 31 heavy (non-hydrogen) atoms. The van der Waals surface area contributed by atoms with E-state index in [0.717, 1.165) is 29.6 Å². The fraction of sp³-hybridized carbons (Fsp3) is 0.929. The first-order valence-electron chi connectivity index (χ1n) is 13.7. The fourth-order valence-electron chi connectivity index (χ4n) is 9.86. The van der Waals surface area contributed by atoms with Crippen molar-refractivity contribution in [3.63, 3.8) is 0 Å². The van der Waals surface area contributed by atoms with Crippen LogP contribution >= 0.6 is 0 Å². The van der Waals surface area contributed by atoms with Gasteiger partial charge in [0.25, 0.3) is 0 Å². The van der Waals surface area contributed by atoms with Crippen molar-refractivity contribution in [2.75, 3.05) is 6.54 Å². The maximum absolute atomic E-state index is 7.04. The number of nitrogens with one attached hydrogen (secondary N) is 1. The van der Waals surface area contributed by atoms with E-state index in [1.54, 1.807) is 5.57 Å². The molecule has 3 N–H and O–H groups in total. The zero-order valence-corrected chi connectivity index (χ0v) is 20.5. The van der Waals surface area contributed by atoms with Crippen molar-refractivity contribution in [3.8, 4) is 0 Å². The normalized spacial score (nSPS) is 56.6. The van der Waals surface area contributed by atoms with Gasteiger partial charge in [-0.1, -0.05) is 31.9 Å². The fourth-order valence-corrected chi connectivity index (χ4v) is 9.86. The molecule has 11 atom stereocenters. The summed E-state index contributed by atoms with van der Waals surface area (Å²) in [4.78, 5) is 0. The molecule has 6 aliphatic rings. The van der Waals surface area contributed by atoms with Gasteiger partial charge in [0.15, 0.2) is 0 Å². The van der Waals surface area contributed by atoms with Crippen LogP contribution in [-0.2, 0) is 4.74 Å². The third kappa shape index (κ3) is 3.08. The van der Waals surface area contributed by atoms with Gasteiger partial charge in [-0.3, -0.25) is 0 Å². The standard InChI is InChI=1S/C28H46N2O/c1-16-11-25-26(30-15-16)18(3)28(31-25)10-8-21-22-6-5-19-12-20(29)7-9-27(19,4)24(22)13-23(21)17(2)14-28/h16,18-22,24-26,30H,5-15,29H2,1-4H3/t16-,18+,19+,20-,21-,22-,24-,25+,26-,27-,28-/m0/s1. The molecule has 0 bridgehead atoms. The monoisotopic (exact) mass is 426 g/mol. The Labute approximate surface area is 190 Å². The second-order valence-electron chi connectivity index (χ2n) is 13.2. The molecule has 0 aromatic heterocycles. The summed E-state index contributed by atoms with van der Waals surface area (Å²) in [6.07, 6.45) is 13.7. The van der Waals surface area contributed by atoms with Gasteiger partial charge in [-0.25, -0.2) is 0 Å². The van der Waals surface area contributed by atoms with E-state index in [-0.39, 0.29) is 5.60 Å². The molecule has 2 saturated heterocycles. The number of hydrogen-bond donors (Lipinski definition) is 2. The summed E-state index contributed by atoms with van der Waals surface area (Å²) >= 11 is 0. The Morgan fingerprint density at radius 1 is 1.06 bits per heavy atom. The van der Waals surface area contributed by atoms with E-state index in [0.29, 0.717) is 29.5 Å². The van der Waals surface area contributed by atoms with Crippen LogP contribution in [0.2, 0.25) is 0 Å². The number of nitrogens with two attached hydrogens (primary N) is 1. The van der Waals surface area contributed by atoms with Crippen molar-refractivity contribution in [2.24, 2.45) is 46.7 Å². The first-order valence-corrected chi connectivity index (χ1v) is 13.7. The largest absolute Gasteiger partial charge is 0.369 e. The molecular formula is C28H46N2O. The van der Waals surface area contributed by atoms with Gasteiger partial charge in [-0.2, -0.15) is 0 Å². The van der Waals surface area contributed by atoms with Gasteiger partial charge in [-0.15, -0.1) is 0 Å². The molecular weight excluding hydrogens is 380 g/mol. The molecule has 5 fully saturated rings. The molecule has 3 heteroatoms. The van der Waals surface area contributed by atoms with E-state index < -0.39 is 0 Å². The van der Waals surface area contributed by atoms with E-state index in [2.05, 4.69) is 33.0 Å². The van der Waals surface area contributed by atoms with E-state index in [4.69, 9.17) is 10.5 Å². The highest BCUT2D eigenvalue weighted by molar-refractivity contribution is 5.29. The van der Waals surface area contributed by atoms with Crippen LogP contribution in [0.25, 0.3) is 0 Å². The maximum Gasteiger partial charge on any atom is 0.0765 e. The van der Waals surface area contributed by atoms with Crippen LogP contribution in [0.15, 0.2) is 11.1 Å². The molecule has 6 rings (SSSR count). The lowest BCUT2D eigenvalue weighted by atomic mass is 9.52. The van der Waals surface area contributed by atoms with Crippen LogP contribution < -0.4 is 11.1 Å². The molecule has 0 radical (unpaired) electrons. The van der Waals surface area contributed by atoms with E-state index in [9.17, 15) is 0 Å². The second-order valence-corrected chi connectivity index (χ2v) is 13.2. The second kappa shape index (κ2) is 7.31. The Balaban J connectivity index is 1.27. The summed E-state index contributed by atoms with van der Waals surface area (Å²) in [5.41, 5.74) is 10.6. The number of allylic oxidation sites excluding steroid dienone is 1. The Morgan fingerprint density at radius 3 is 2.74 bits per heavy atom. The van der Waals surface area contributed by atoms with E-state index in [1.807, 2.05) is 5.57 Å². The molecule has 3 saturated carbocycles. The molecule has 0 amide bonds. The molecule has 1 spiro atoms. The molecule has 0 unspecified atom stereocenters. The van der Waals surface area contributed by atoms with Gasteiger partial charge in [0.2, 0.25) is 0 Å². The average Bonchev–Trinajstić information content (AvgIpc) is 3.19. The van der Waals surface area contributed by atoms with Crippen molar-refractivity contribution in [2.45, 2.75) is 116 Å². The van der Waals surface area contributed by atoms with Crippen LogP contribution in [0, 0.1) is 40.9 Å². The predicted octanol–water partition coefficient (Wildman–Crippen LogP) is 5.44. The van der Waals surface area contributed by atoms with Crippen molar-refractivity contribution in [1.29, 1.82) is 0 Å². The lowest BCUT2D eigenvalue weighted by Gasteiger charge is -2.54. The summed E-state index contributed by atoms with van der Waals surface area (Å²) in [5.74, 6) is 4.92. The predicted molar refractivity (Wildman–Crippen MR) is 127 cm³/mol. The molecule has 0 aromatic rings. The van der Waals surface area contributed by atoms with Gasteiger partial charge >= 0.3 is 0 Å². The first kappa shape index (κ1) is 21.2. The summed E-state index contributed by atoms with van der Waals surface area (Å²) in [6.45, 7) is 11.2. The topological polar surface area (TPSA) is 47.3 Å². The van der Waals surface area contributed by atoms with Crippen LogP contribution in [0.1, 0.15) is 91.9 Å². The third-order valence-electron chi connectivity index (χ3n) is 11.7. The minimum absolute atomic E-state index is 0.0853. The minimum atomic E-state index is 0.0853. The van der Waals surface area contributed by atoms with E-state index in [1.165, 1.54) is 70.8 Å². The molecule has 0 aromatic carbocycles. The van der Waals surface area contributed by atoms with Crippen LogP contribution in [-0.4, -0.2) is 30.3 Å². The van der Waals surface area contributed by atoms with Gasteiger partial charge < -0.3 is 15.8 Å². The van der Waals surface area contributed by atoms with Gasteiger partial charge in [-0.05, 0) is 113 Å². The first-order chi connectivity index (χ1) is 14.8. The van der Waals surface area contributed by atoms with E-state index >= 15 is 0 Å². The Morgan fingerprint density at radius 2 is 1.90 bits per heavy atom. The average molecular weight is 427 g/mol. The number of ether oxygens (including phenoxy) is 1. The lowest BCUT2D eigenvalue weighted by molar-refractivity contribution is -0.0745. The minimum Gasteiger partial charge on any atom is -0.369 e. The van der Waals surface area contributed by atoms with Gasteiger partial charge in [0.1, 0.15) is 0 Å². The van der Waals surface area contributed by atoms with Crippen LogP contribution in [0.5, 0.6) is 0 Å². The SMILES string of the molecule is CC1=C2C[C@H]3[C@@H](CC[C@@H]4C[C@@H](N)CC[C@@]43C)[C@@H]2CC[C@@]2(C1)O[C@@H]1C[C@H](C)CN[C@H]1[C@H]2C. The van der Waals surface area contributed by atoms with Crippen molar-refractivity contribution >= 4 is 0 Å². The molecule has 2 aliphatic heterocycles.